The summed E-state index contributed by atoms with van der Waals surface area (Å²) < 4.78 is 12.9. The zero-order valence-corrected chi connectivity index (χ0v) is 11.3. The van der Waals surface area contributed by atoms with E-state index >= 15 is 0 Å². The van der Waals surface area contributed by atoms with Crippen LogP contribution in [0.15, 0.2) is 48.5 Å². The number of nitrogens with one attached hydrogen (secondary N) is 1. The van der Waals surface area contributed by atoms with E-state index in [0.717, 1.165) is 11.1 Å². The summed E-state index contributed by atoms with van der Waals surface area (Å²) in [6, 6.07) is 13.6. The number of carbonyl (C=O) groups excluding carboxylic acids is 1. The van der Waals surface area contributed by atoms with Crippen molar-refractivity contribution in [1.29, 1.82) is 0 Å². The van der Waals surface area contributed by atoms with Crippen molar-refractivity contribution in [2.24, 2.45) is 5.73 Å². The maximum atomic E-state index is 12.9. The number of hydrogen-bond donors (Lipinski definition) is 2. The van der Waals surface area contributed by atoms with Gasteiger partial charge in [-0.2, -0.15) is 0 Å². The Labute approximate surface area is 117 Å². The molecule has 104 valence electrons. The van der Waals surface area contributed by atoms with Crippen LogP contribution in [-0.4, -0.2) is 5.91 Å². The second kappa shape index (κ2) is 6.30. The molecule has 0 spiro atoms. The number of amides is 1. The third-order valence-electron chi connectivity index (χ3n) is 3.25. The lowest BCUT2D eigenvalue weighted by Crippen LogP contribution is -2.21. The maximum Gasteiger partial charge on any atom is 0.249 e. The predicted octanol–water partition coefficient (Wildman–Crippen LogP) is 2.78. The molecule has 2 aromatic rings. The van der Waals surface area contributed by atoms with Gasteiger partial charge >= 0.3 is 0 Å². The van der Waals surface area contributed by atoms with Gasteiger partial charge in [0.2, 0.25) is 5.91 Å². The number of hydrogen-bond acceptors (Lipinski definition) is 2. The van der Waals surface area contributed by atoms with Gasteiger partial charge in [-0.15, -0.1) is 0 Å². The molecule has 3 N–H and O–H groups in total. The molecule has 0 heterocycles. The summed E-state index contributed by atoms with van der Waals surface area (Å²) in [4.78, 5) is 11.3. The third-order valence-corrected chi connectivity index (χ3v) is 3.25. The first kappa shape index (κ1) is 14.2. The molecule has 0 fully saturated rings. The summed E-state index contributed by atoms with van der Waals surface area (Å²) in [6.45, 7) is 2.51. The van der Waals surface area contributed by atoms with Gasteiger partial charge in [0.15, 0.2) is 0 Å². The average Bonchev–Trinajstić information content (AvgIpc) is 2.45. The van der Waals surface area contributed by atoms with Crippen LogP contribution in [-0.2, 0) is 6.54 Å². The molecule has 3 nitrogen and oxygen atoms in total. The molecule has 0 aromatic heterocycles. The lowest BCUT2D eigenvalue weighted by molar-refractivity contribution is 0.0999. The van der Waals surface area contributed by atoms with E-state index in [9.17, 15) is 9.18 Å². The molecule has 0 saturated heterocycles. The molecule has 0 bridgehead atoms. The monoisotopic (exact) mass is 272 g/mol. The highest BCUT2D eigenvalue weighted by atomic mass is 19.1. The molecule has 20 heavy (non-hydrogen) atoms. The molecule has 1 amide bonds. The zero-order chi connectivity index (χ0) is 14.5. The van der Waals surface area contributed by atoms with E-state index in [1.54, 1.807) is 24.3 Å². The Balaban J connectivity index is 2.05. The van der Waals surface area contributed by atoms with Crippen LogP contribution in [0.25, 0.3) is 0 Å². The normalized spacial score (nSPS) is 12.1. The SMILES string of the molecule is CC(NCc1ccccc1C(N)=O)c1ccc(F)cc1. The topological polar surface area (TPSA) is 55.1 Å². The van der Waals surface area contributed by atoms with Gasteiger partial charge in [0.1, 0.15) is 5.82 Å². The van der Waals surface area contributed by atoms with E-state index in [2.05, 4.69) is 5.32 Å². The van der Waals surface area contributed by atoms with Crippen molar-refractivity contribution >= 4 is 5.91 Å². The molecular weight excluding hydrogens is 255 g/mol. The van der Waals surface area contributed by atoms with Gasteiger partial charge < -0.3 is 11.1 Å². The first-order valence-corrected chi connectivity index (χ1v) is 6.44. The van der Waals surface area contributed by atoms with Crippen molar-refractivity contribution in [2.75, 3.05) is 0 Å². The summed E-state index contributed by atoms with van der Waals surface area (Å²) in [5.41, 5.74) is 7.70. The Morgan fingerprint density at radius 1 is 1.20 bits per heavy atom. The summed E-state index contributed by atoms with van der Waals surface area (Å²) >= 11 is 0. The first-order chi connectivity index (χ1) is 9.58. The van der Waals surface area contributed by atoms with Gasteiger partial charge in [-0.05, 0) is 36.2 Å². The highest BCUT2D eigenvalue weighted by molar-refractivity contribution is 5.94. The van der Waals surface area contributed by atoms with Crippen molar-refractivity contribution in [3.8, 4) is 0 Å². The lowest BCUT2D eigenvalue weighted by atomic mass is 10.1. The highest BCUT2D eigenvalue weighted by Gasteiger charge is 2.09. The summed E-state index contributed by atoms with van der Waals surface area (Å²) in [6.07, 6.45) is 0. The summed E-state index contributed by atoms with van der Waals surface area (Å²) in [7, 11) is 0. The van der Waals surface area contributed by atoms with Gasteiger partial charge in [0, 0.05) is 18.2 Å². The lowest BCUT2D eigenvalue weighted by Gasteiger charge is -2.15. The largest absolute Gasteiger partial charge is 0.366 e. The average molecular weight is 272 g/mol. The van der Waals surface area contributed by atoms with Crippen LogP contribution in [0.3, 0.4) is 0 Å². The van der Waals surface area contributed by atoms with Crippen LogP contribution >= 0.6 is 0 Å². The molecule has 1 unspecified atom stereocenters. The fourth-order valence-electron chi connectivity index (χ4n) is 2.05. The van der Waals surface area contributed by atoms with Crippen LogP contribution in [0.5, 0.6) is 0 Å². The Morgan fingerprint density at radius 3 is 2.50 bits per heavy atom. The molecule has 0 aliphatic carbocycles. The van der Waals surface area contributed by atoms with E-state index in [1.807, 2.05) is 19.1 Å². The third kappa shape index (κ3) is 3.42. The van der Waals surface area contributed by atoms with Crippen LogP contribution < -0.4 is 11.1 Å². The van der Waals surface area contributed by atoms with Crippen molar-refractivity contribution < 1.29 is 9.18 Å². The van der Waals surface area contributed by atoms with Gasteiger partial charge in [-0.1, -0.05) is 30.3 Å². The Morgan fingerprint density at radius 2 is 1.85 bits per heavy atom. The smallest absolute Gasteiger partial charge is 0.249 e. The van der Waals surface area contributed by atoms with Crippen LogP contribution in [0.4, 0.5) is 4.39 Å². The quantitative estimate of drug-likeness (QED) is 0.879. The number of benzene rings is 2. The Kier molecular flexibility index (Phi) is 4.48. The molecular formula is C16H17FN2O. The summed E-state index contributed by atoms with van der Waals surface area (Å²) in [5, 5.41) is 3.30. The zero-order valence-electron chi connectivity index (χ0n) is 11.3. The standard InChI is InChI=1S/C16H17FN2O/c1-11(12-6-8-14(17)9-7-12)19-10-13-4-2-3-5-15(13)16(18)20/h2-9,11,19H,10H2,1H3,(H2,18,20). The van der Waals surface area contributed by atoms with Crippen LogP contribution in [0, 0.1) is 5.82 Å². The predicted molar refractivity (Wildman–Crippen MR) is 76.6 cm³/mol. The van der Waals surface area contributed by atoms with Crippen LogP contribution in [0.2, 0.25) is 0 Å². The van der Waals surface area contributed by atoms with Crippen molar-refractivity contribution in [3.05, 3.63) is 71.0 Å². The van der Waals surface area contributed by atoms with Gasteiger partial charge in [-0.25, -0.2) is 4.39 Å². The molecule has 2 rings (SSSR count). The van der Waals surface area contributed by atoms with E-state index < -0.39 is 5.91 Å². The minimum Gasteiger partial charge on any atom is -0.366 e. The summed E-state index contributed by atoms with van der Waals surface area (Å²) in [5.74, 6) is -0.683. The second-order valence-electron chi connectivity index (χ2n) is 4.68. The number of primary amides is 1. The molecule has 0 saturated carbocycles. The van der Waals surface area contributed by atoms with Crippen molar-refractivity contribution in [2.45, 2.75) is 19.5 Å². The molecule has 4 heteroatoms. The van der Waals surface area contributed by atoms with E-state index in [-0.39, 0.29) is 11.9 Å². The van der Waals surface area contributed by atoms with Crippen LogP contribution in [0.1, 0.15) is 34.5 Å². The Bertz CT molecular complexity index is 596. The Hall–Kier alpha value is -2.20. The fourth-order valence-corrected chi connectivity index (χ4v) is 2.05. The maximum absolute atomic E-state index is 12.9. The number of halogens is 1. The fraction of sp³-hybridized carbons (Fsp3) is 0.188. The number of rotatable bonds is 5. The van der Waals surface area contributed by atoms with Gasteiger partial charge in [-0.3, -0.25) is 4.79 Å². The second-order valence-corrected chi connectivity index (χ2v) is 4.68. The number of carbonyl (C=O) groups is 1. The van der Waals surface area contributed by atoms with Crippen molar-refractivity contribution in [1.82, 2.24) is 5.32 Å². The van der Waals surface area contributed by atoms with Crippen molar-refractivity contribution in [3.63, 3.8) is 0 Å². The molecule has 2 aromatic carbocycles. The van der Waals surface area contributed by atoms with Gasteiger partial charge in [0.25, 0.3) is 0 Å². The minimum atomic E-state index is -0.433. The molecule has 0 aliphatic rings. The molecule has 0 aliphatic heterocycles. The van der Waals surface area contributed by atoms with E-state index in [1.165, 1.54) is 12.1 Å². The van der Waals surface area contributed by atoms with E-state index in [0.29, 0.717) is 12.1 Å². The number of nitrogens with two attached hydrogens (primary N) is 1. The minimum absolute atomic E-state index is 0.0523. The van der Waals surface area contributed by atoms with E-state index in [4.69, 9.17) is 5.73 Å². The first-order valence-electron chi connectivity index (χ1n) is 6.44. The van der Waals surface area contributed by atoms with Gasteiger partial charge in [0.05, 0.1) is 0 Å². The molecule has 0 radical (unpaired) electrons. The highest BCUT2D eigenvalue weighted by Crippen LogP contribution is 2.15. The molecule has 1 atom stereocenters.